The normalized spacial score (nSPS) is 37.1. The molecule has 5 aliphatic rings. The highest BCUT2D eigenvalue weighted by molar-refractivity contribution is 5.91. The number of allylic oxidation sites excluding steroid dienone is 2. The van der Waals surface area contributed by atoms with Crippen molar-refractivity contribution in [2.45, 2.75) is 138 Å². The molecule has 1 aromatic carbocycles. The van der Waals surface area contributed by atoms with Crippen LogP contribution in [0.25, 0.3) is 0 Å². The molecule has 27 heteroatoms. The average molecular weight is 1070 g/mol. The van der Waals surface area contributed by atoms with Crippen LogP contribution in [0.5, 0.6) is 5.75 Å². The van der Waals surface area contributed by atoms with E-state index in [0.717, 1.165) is 32.3 Å². The zero-order valence-corrected chi connectivity index (χ0v) is 41.0. The number of aromatic hydroxyl groups is 1. The van der Waals surface area contributed by atoms with Gasteiger partial charge >= 0.3 is 23.9 Å². The van der Waals surface area contributed by atoms with Gasteiger partial charge in [-0.1, -0.05) is 24.3 Å². The number of hydrogen-bond donors (Lipinski definition) is 11. The maximum Gasteiger partial charge on any atom is 0.337 e. The van der Waals surface area contributed by atoms with E-state index in [2.05, 4.69) is 0 Å². The number of hydrogen-bond acceptors (Lipinski definition) is 27. The van der Waals surface area contributed by atoms with E-state index in [4.69, 9.17) is 56.8 Å². The number of phenolic OH excluding ortho intramolecular Hbond substituents is 1. The van der Waals surface area contributed by atoms with Gasteiger partial charge in [0.15, 0.2) is 25.0 Å². The van der Waals surface area contributed by atoms with Gasteiger partial charge in [-0.15, -0.1) is 0 Å². The molecule has 3 fully saturated rings. The van der Waals surface area contributed by atoms with Crippen molar-refractivity contribution in [3.8, 4) is 5.75 Å². The first-order chi connectivity index (χ1) is 35.8. The monoisotopic (exact) mass is 1070 g/mol. The lowest BCUT2D eigenvalue weighted by molar-refractivity contribution is -0.329. The summed E-state index contributed by atoms with van der Waals surface area (Å²) in [6, 6.07) is 6.26. The van der Waals surface area contributed by atoms with E-state index in [1.807, 2.05) is 0 Å². The number of esters is 4. The molecule has 418 valence electrons. The van der Waals surface area contributed by atoms with Crippen molar-refractivity contribution >= 4 is 23.9 Å². The van der Waals surface area contributed by atoms with Crippen molar-refractivity contribution in [2.75, 3.05) is 40.6 Å². The van der Waals surface area contributed by atoms with Gasteiger partial charge in [0.2, 0.25) is 12.6 Å². The Morgan fingerprint density at radius 3 is 1.56 bits per heavy atom. The van der Waals surface area contributed by atoms with E-state index in [9.17, 15) is 75.3 Å². The molecule has 19 atom stereocenters. The van der Waals surface area contributed by atoms with Gasteiger partial charge in [-0.05, 0) is 38.0 Å². The molecule has 11 N–H and O–H groups in total. The number of benzene rings is 1. The van der Waals surface area contributed by atoms with Crippen LogP contribution in [0, 0.1) is 11.8 Å². The average Bonchev–Trinajstić information content (AvgIpc) is 3.40. The lowest BCUT2D eigenvalue weighted by Gasteiger charge is -2.43. The minimum Gasteiger partial charge on any atom is -0.508 e. The number of carbonyl (C=O) groups excluding carboxylic acids is 4. The Kier molecular flexibility index (Phi) is 21.1. The zero-order valence-electron chi connectivity index (χ0n) is 41.0. The molecule has 3 saturated heterocycles. The molecule has 0 aliphatic carbocycles. The van der Waals surface area contributed by atoms with Crippen LogP contribution in [0.2, 0.25) is 0 Å². The van der Waals surface area contributed by atoms with E-state index in [-0.39, 0.29) is 34.6 Å². The van der Waals surface area contributed by atoms with E-state index in [1.165, 1.54) is 38.1 Å². The van der Waals surface area contributed by atoms with Crippen LogP contribution in [0.15, 0.2) is 71.2 Å². The van der Waals surface area contributed by atoms with Crippen molar-refractivity contribution in [1.82, 2.24) is 0 Å². The van der Waals surface area contributed by atoms with Crippen molar-refractivity contribution in [3.63, 3.8) is 0 Å². The van der Waals surface area contributed by atoms with Crippen LogP contribution in [0.4, 0.5) is 0 Å². The Balaban J connectivity index is 1.12. The first-order valence-corrected chi connectivity index (χ1v) is 23.7. The van der Waals surface area contributed by atoms with Gasteiger partial charge in [-0.2, -0.15) is 0 Å². The lowest BCUT2D eigenvalue weighted by atomic mass is 9.86. The molecule has 0 saturated carbocycles. The van der Waals surface area contributed by atoms with Gasteiger partial charge in [-0.25, -0.2) is 9.59 Å². The van der Waals surface area contributed by atoms with Gasteiger partial charge in [0.1, 0.15) is 79.5 Å². The minimum absolute atomic E-state index is 0.0110. The predicted molar refractivity (Wildman–Crippen MR) is 243 cm³/mol. The van der Waals surface area contributed by atoms with Crippen LogP contribution in [-0.2, 0) is 82.4 Å². The molecule has 0 spiro atoms. The van der Waals surface area contributed by atoms with Gasteiger partial charge in [0.25, 0.3) is 0 Å². The third kappa shape index (κ3) is 13.7. The second kappa shape index (κ2) is 26.7. The summed E-state index contributed by atoms with van der Waals surface area (Å²) >= 11 is 0. The summed E-state index contributed by atoms with van der Waals surface area (Å²) in [4.78, 5) is 53.4. The van der Waals surface area contributed by atoms with Gasteiger partial charge in [0.05, 0.1) is 70.6 Å². The molecule has 0 radical (unpaired) electrons. The Bertz CT molecular complexity index is 2230. The van der Waals surface area contributed by atoms with E-state index in [0.29, 0.717) is 6.42 Å². The van der Waals surface area contributed by atoms with Crippen LogP contribution < -0.4 is 0 Å². The highest BCUT2D eigenvalue weighted by Gasteiger charge is 2.52. The number of phenols is 1. The van der Waals surface area contributed by atoms with Gasteiger partial charge in [-0.3, -0.25) is 9.59 Å². The lowest BCUT2D eigenvalue weighted by Crippen LogP contribution is -2.61. The Labute approximate surface area is 428 Å². The van der Waals surface area contributed by atoms with Crippen LogP contribution in [0.1, 0.15) is 32.3 Å². The Morgan fingerprint density at radius 1 is 0.587 bits per heavy atom. The number of methoxy groups -OCH3 is 2. The van der Waals surface area contributed by atoms with E-state index in [1.54, 1.807) is 12.1 Å². The largest absolute Gasteiger partial charge is 0.508 e. The first kappa shape index (κ1) is 59.1. The molecule has 27 nitrogen and oxygen atoms in total. The molecule has 5 heterocycles. The molecule has 0 amide bonds. The first-order valence-electron chi connectivity index (χ1n) is 23.7. The van der Waals surface area contributed by atoms with Crippen molar-refractivity contribution in [3.05, 3.63) is 76.8 Å². The van der Waals surface area contributed by atoms with Gasteiger partial charge < -0.3 is 113 Å². The fraction of sp³-hybridized carbons (Fsp3) is 0.625. The molecule has 5 aliphatic heterocycles. The molecule has 0 aromatic heterocycles. The summed E-state index contributed by atoms with van der Waals surface area (Å²) in [6.07, 6.45) is -25.4. The van der Waals surface area contributed by atoms with Crippen molar-refractivity contribution in [1.29, 1.82) is 0 Å². The Hall–Kier alpha value is -5.18. The fourth-order valence-electron chi connectivity index (χ4n) is 8.89. The number of carbonyl (C=O) groups is 4. The van der Waals surface area contributed by atoms with E-state index >= 15 is 0 Å². The number of rotatable bonds is 19. The van der Waals surface area contributed by atoms with Crippen LogP contribution in [0.3, 0.4) is 0 Å². The molecule has 75 heavy (non-hydrogen) atoms. The number of ether oxygens (including phenoxy) is 12. The highest BCUT2D eigenvalue weighted by Crippen LogP contribution is 2.39. The third-order valence-corrected chi connectivity index (χ3v) is 13.1. The highest BCUT2D eigenvalue weighted by atomic mass is 16.8. The number of aliphatic hydroxyl groups excluding tert-OH is 10. The second-order valence-electron chi connectivity index (χ2n) is 17.8. The van der Waals surface area contributed by atoms with Crippen molar-refractivity contribution < 1.29 is 132 Å². The summed E-state index contributed by atoms with van der Waals surface area (Å²) in [5.74, 6) is -6.49. The summed E-state index contributed by atoms with van der Waals surface area (Å²) < 4.78 is 66.4. The van der Waals surface area contributed by atoms with Crippen LogP contribution >= 0.6 is 0 Å². The summed E-state index contributed by atoms with van der Waals surface area (Å²) in [7, 11) is 2.12. The summed E-state index contributed by atoms with van der Waals surface area (Å²) in [5.41, 5.74) is 0.448. The van der Waals surface area contributed by atoms with Crippen molar-refractivity contribution in [2.24, 2.45) is 11.8 Å². The van der Waals surface area contributed by atoms with E-state index < -0.39 is 173 Å². The standard InChI is InChI=1S/C48H64O27/c1-5-22-24(13-31(52)67-19-30-34(55)37(58)38(59)46(72-30)66-12-11-20-7-9-21(51)10-8-20)26(42(62)64-3)17-69-45(22)75-48-40(61)41(35(56)29(16-50)71-48)73-32(53)14-25-23(6-2)44(68-18-27(25)43(63)65-4)74-47-39(60)36(57)33(54)28(15-49)70-47/h5-10,17-18,24-25,28-30,33-41,44-51,54-61H,11-16,19H2,1-4H3/b22-5+,23-6+/t24-,25-,28+,29+,30+,33+,34+,35+,36-,37-,38+,39+,40+,41-,44-,45-,46+,47-,48-/m0/s1. The van der Waals surface area contributed by atoms with Gasteiger partial charge in [0, 0.05) is 23.0 Å². The second-order valence-corrected chi connectivity index (χ2v) is 17.8. The molecule has 0 unspecified atom stereocenters. The maximum atomic E-state index is 13.9. The summed E-state index contributed by atoms with van der Waals surface area (Å²) in [5, 5.41) is 115. The zero-order chi connectivity index (χ0) is 54.8. The smallest absolute Gasteiger partial charge is 0.337 e. The third-order valence-electron chi connectivity index (χ3n) is 13.1. The maximum absolute atomic E-state index is 13.9. The SMILES string of the molecule is C/C=C1/[C@H](O[C@@H]2O[C@H](CO)[C@@H](O)[C@H](O)[C@H]2O)OC=C(C(=O)OC)[C@H]1CC(=O)O[C@@H]1[C@@H](O)[C@H](O[C@@H]2OC=C(C(=O)OC)[C@@H](CC(=O)OC[C@H]3O[C@@H](OCCc4ccc(O)cc4)[C@H](O)[C@@H](O)[C@@H]3O)/C2=C\C)O[C@H](CO)[C@H]1O. The quantitative estimate of drug-likeness (QED) is 0.0360. The Morgan fingerprint density at radius 2 is 1.05 bits per heavy atom. The minimum atomic E-state index is -2.06. The molecule has 6 rings (SSSR count). The predicted octanol–water partition coefficient (Wildman–Crippen LogP) is -3.78. The van der Waals surface area contributed by atoms with Crippen LogP contribution in [-0.4, -0.2) is 225 Å². The topological polar surface area (TPSA) is 402 Å². The molecule has 1 aromatic rings. The molecule has 0 bridgehead atoms. The fourth-order valence-corrected chi connectivity index (χ4v) is 8.89. The molecular formula is C48H64O27. The number of aliphatic hydroxyl groups is 10. The molecular weight excluding hydrogens is 1010 g/mol. The summed E-state index contributed by atoms with van der Waals surface area (Å²) in [6.45, 7) is 0.607.